The van der Waals surface area contributed by atoms with E-state index in [9.17, 15) is 0 Å². The highest BCUT2D eigenvalue weighted by Gasteiger charge is 2.21. The number of aromatic nitrogens is 2. The first-order valence-corrected chi connectivity index (χ1v) is 6.42. The Labute approximate surface area is 102 Å². The second kappa shape index (κ2) is 6.02. The highest BCUT2D eigenvalue weighted by molar-refractivity contribution is 5.30. The smallest absolute Gasteiger partial charge is 0.0719 e. The molecular weight excluding hydrogens is 216 g/mol. The van der Waals surface area contributed by atoms with Crippen LogP contribution >= 0.6 is 0 Å². The zero-order valence-electron chi connectivity index (χ0n) is 10.3. The summed E-state index contributed by atoms with van der Waals surface area (Å²) in [5.41, 5.74) is 6.35. The number of aliphatic hydroxyl groups excluding tert-OH is 1. The van der Waals surface area contributed by atoms with E-state index in [1.165, 1.54) is 19.3 Å². The molecule has 17 heavy (non-hydrogen) atoms. The zero-order valence-corrected chi connectivity index (χ0v) is 10.3. The number of nitrogen functional groups attached to an aromatic ring is 1. The van der Waals surface area contributed by atoms with Gasteiger partial charge in [0.2, 0.25) is 0 Å². The lowest BCUT2D eigenvalue weighted by Crippen LogP contribution is -2.41. The van der Waals surface area contributed by atoms with Gasteiger partial charge in [-0.15, -0.1) is 0 Å². The Bertz CT molecular complexity index is 337. The Morgan fingerprint density at radius 2 is 2.29 bits per heavy atom. The molecule has 0 aliphatic carbocycles. The number of anilines is 1. The van der Waals surface area contributed by atoms with Gasteiger partial charge in [-0.1, -0.05) is 6.42 Å². The lowest BCUT2D eigenvalue weighted by molar-refractivity contribution is 0.114. The molecule has 1 aliphatic heterocycles. The van der Waals surface area contributed by atoms with Crippen LogP contribution in [0.3, 0.4) is 0 Å². The van der Waals surface area contributed by atoms with Gasteiger partial charge in [0.05, 0.1) is 18.4 Å². The summed E-state index contributed by atoms with van der Waals surface area (Å²) in [6.45, 7) is 3.29. The van der Waals surface area contributed by atoms with Crippen LogP contribution in [0.4, 0.5) is 5.69 Å². The largest absolute Gasteiger partial charge is 0.396 e. The van der Waals surface area contributed by atoms with Crippen LogP contribution in [0.5, 0.6) is 0 Å². The summed E-state index contributed by atoms with van der Waals surface area (Å²) in [4.78, 5) is 2.47. The summed E-state index contributed by atoms with van der Waals surface area (Å²) < 4.78 is 1.89. The van der Waals surface area contributed by atoms with Gasteiger partial charge in [-0.3, -0.25) is 9.58 Å². The summed E-state index contributed by atoms with van der Waals surface area (Å²) in [6.07, 6.45) is 8.20. The molecule has 1 fully saturated rings. The van der Waals surface area contributed by atoms with Crippen molar-refractivity contribution in [3.05, 3.63) is 12.4 Å². The van der Waals surface area contributed by atoms with Crippen LogP contribution in [0.15, 0.2) is 12.4 Å². The number of aliphatic hydroxyl groups is 1. The van der Waals surface area contributed by atoms with Crippen molar-refractivity contribution in [1.29, 1.82) is 0 Å². The monoisotopic (exact) mass is 238 g/mol. The molecule has 0 amide bonds. The fourth-order valence-electron chi connectivity index (χ4n) is 2.56. The standard InChI is InChI=1S/C12H22N4O/c13-11-9-14-16(10-11)7-6-15-5-2-1-3-12(15)4-8-17/h9-10,12,17H,1-8,13H2. The third-order valence-electron chi connectivity index (χ3n) is 3.48. The van der Waals surface area contributed by atoms with Crippen LogP contribution in [0.2, 0.25) is 0 Å². The minimum atomic E-state index is 0.288. The third-order valence-corrected chi connectivity index (χ3v) is 3.48. The summed E-state index contributed by atoms with van der Waals surface area (Å²) >= 11 is 0. The number of nitrogens with zero attached hydrogens (tertiary/aromatic N) is 3. The lowest BCUT2D eigenvalue weighted by Gasteiger charge is -2.35. The molecule has 1 aromatic rings. The van der Waals surface area contributed by atoms with E-state index in [4.69, 9.17) is 10.8 Å². The summed E-state index contributed by atoms with van der Waals surface area (Å²) in [7, 11) is 0. The summed E-state index contributed by atoms with van der Waals surface area (Å²) in [5.74, 6) is 0. The molecular formula is C12H22N4O. The molecule has 1 aromatic heterocycles. The minimum Gasteiger partial charge on any atom is -0.396 e. The molecule has 1 saturated heterocycles. The first-order chi connectivity index (χ1) is 8.29. The van der Waals surface area contributed by atoms with Crippen LogP contribution in [0.1, 0.15) is 25.7 Å². The van der Waals surface area contributed by atoms with E-state index in [0.717, 1.165) is 31.7 Å². The molecule has 5 heteroatoms. The van der Waals surface area contributed by atoms with E-state index in [1.807, 2.05) is 10.9 Å². The number of piperidine rings is 1. The van der Waals surface area contributed by atoms with Crippen molar-refractivity contribution >= 4 is 5.69 Å². The molecule has 1 atom stereocenters. The van der Waals surface area contributed by atoms with E-state index in [-0.39, 0.29) is 6.61 Å². The third kappa shape index (κ3) is 3.44. The molecule has 0 radical (unpaired) electrons. The SMILES string of the molecule is Nc1cnn(CCN2CCCCC2CCO)c1. The van der Waals surface area contributed by atoms with E-state index in [0.29, 0.717) is 6.04 Å². The van der Waals surface area contributed by atoms with Crippen molar-refractivity contribution in [3.8, 4) is 0 Å². The Morgan fingerprint density at radius 1 is 1.41 bits per heavy atom. The average molecular weight is 238 g/mol. The number of likely N-dealkylation sites (tertiary alicyclic amines) is 1. The molecule has 0 saturated carbocycles. The number of nitrogens with two attached hydrogens (primary N) is 1. The maximum Gasteiger partial charge on any atom is 0.0719 e. The van der Waals surface area contributed by atoms with Crippen molar-refractivity contribution in [3.63, 3.8) is 0 Å². The topological polar surface area (TPSA) is 67.3 Å². The van der Waals surface area contributed by atoms with E-state index in [2.05, 4.69) is 10.00 Å². The molecule has 2 rings (SSSR count). The van der Waals surface area contributed by atoms with Crippen molar-refractivity contribution < 1.29 is 5.11 Å². The van der Waals surface area contributed by atoms with Gasteiger partial charge in [-0.25, -0.2) is 0 Å². The predicted octanol–water partition coefficient (Wildman–Crippen LogP) is 0.702. The predicted molar refractivity (Wildman–Crippen MR) is 67.6 cm³/mol. The normalized spacial score (nSPS) is 21.8. The zero-order chi connectivity index (χ0) is 12.1. The van der Waals surface area contributed by atoms with Gasteiger partial charge >= 0.3 is 0 Å². The Balaban J connectivity index is 1.83. The molecule has 3 N–H and O–H groups in total. The fourth-order valence-corrected chi connectivity index (χ4v) is 2.56. The number of hydrogen-bond acceptors (Lipinski definition) is 4. The second-order valence-corrected chi connectivity index (χ2v) is 4.73. The molecule has 0 spiro atoms. The van der Waals surface area contributed by atoms with E-state index >= 15 is 0 Å². The Hall–Kier alpha value is -1.07. The second-order valence-electron chi connectivity index (χ2n) is 4.73. The van der Waals surface area contributed by atoms with Gasteiger partial charge in [-0.05, 0) is 25.8 Å². The van der Waals surface area contributed by atoms with Gasteiger partial charge in [0.1, 0.15) is 0 Å². The lowest BCUT2D eigenvalue weighted by atomic mass is 10.00. The van der Waals surface area contributed by atoms with Gasteiger partial charge < -0.3 is 10.8 Å². The van der Waals surface area contributed by atoms with Crippen LogP contribution in [0.25, 0.3) is 0 Å². The average Bonchev–Trinajstić information content (AvgIpc) is 2.74. The molecule has 96 valence electrons. The summed E-state index contributed by atoms with van der Waals surface area (Å²) in [5, 5.41) is 13.3. The first-order valence-electron chi connectivity index (χ1n) is 6.42. The van der Waals surface area contributed by atoms with Crippen LogP contribution < -0.4 is 5.73 Å². The highest BCUT2D eigenvalue weighted by Crippen LogP contribution is 2.19. The Kier molecular flexibility index (Phi) is 4.39. The fraction of sp³-hybridized carbons (Fsp3) is 0.750. The Morgan fingerprint density at radius 3 is 3.00 bits per heavy atom. The maximum atomic E-state index is 9.06. The van der Waals surface area contributed by atoms with Crippen molar-refractivity contribution in [2.24, 2.45) is 0 Å². The van der Waals surface area contributed by atoms with Crippen molar-refractivity contribution in [2.75, 3.05) is 25.4 Å². The van der Waals surface area contributed by atoms with Crippen LogP contribution in [-0.4, -0.2) is 45.5 Å². The number of hydrogen-bond donors (Lipinski definition) is 2. The molecule has 0 bridgehead atoms. The van der Waals surface area contributed by atoms with Gasteiger partial charge in [0, 0.05) is 25.4 Å². The van der Waals surface area contributed by atoms with Crippen molar-refractivity contribution in [2.45, 2.75) is 38.3 Å². The van der Waals surface area contributed by atoms with E-state index < -0.39 is 0 Å². The number of rotatable bonds is 5. The molecule has 5 nitrogen and oxygen atoms in total. The molecule has 1 aliphatic rings. The highest BCUT2D eigenvalue weighted by atomic mass is 16.3. The van der Waals surface area contributed by atoms with Crippen molar-refractivity contribution in [1.82, 2.24) is 14.7 Å². The summed E-state index contributed by atoms with van der Waals surface area (Å²) in [6, 6.07) is 0.543. The van der Waals surface area contributed by atoms with Gasteiger partial charge in [0.25, 0.3) is 0 Å². The van der Waals surface area contributed by atoms with E-state index in [1.54, 1.807) is 6.20 Å². The molecule has 2 heterocycles. The molecule has 0 aromatic carbocycles. The van der Waals surface area contributed by atoms with Crippen LogP contribution in [-0.2, 0) is 6.54 Å². The quantitative estimate of drug-likeness (QED) is 0.792. The van der Waals surface area contributed by atoms with Gasteiger partial charge in [-0.2, -0.15) is 5.10 Å². The maximum absolute atomic E-state index is 9.06. The molecule has 1 unspecified atom stereocenters. The van der Waals surface area contributed by atoms with Crippen LogP contribution in [0, 0.1) is 0 Å². The minimum absolute atomic E-state index is 0.288. The first kappa shape index (κ1) is 12.4. The van der Waals surface area contributed by atoms with Gasteiger partial charge in [0.15, 0.2) is 0 Å².